The number of nitrogens with zero attached hydrogens (tertiary/aromatic N) is 1. The Hall–Kier alpha value is -3.55. The van der Waals surface area contributed by atoms with Gasteiger partial charge in [-0.05, 0) is 30.2 Å². The van der Waals surface area contributed by atoms with Crippen molar-refractivity contribution in [3.8, 4) is 11.5 Å². The van der Waals surface area contributed by atoms with Crippen LogP contribution in [0.25, 0.3) is 0 Å². The molecule has 1 saturated heterocycles. The van der Waals surface area contributed by atoms with Crippen LogP contribution in [0.2, 0.25) is 0 Å². The zero-order chi connectivity index (χ0) is 20.8. The molecule has 29 heavy (non-hydrogen) atoms. The highest BCUT2D eigenvalue weighted by molar-refractivity contribution is 6.05. The summed E-state index contributed by atoms with van der Waals surface area (Å²) in [6, 6.07) is 12.5. The standard InChI is InChI=1S/C21H23N3O5/c1-29-18-5-3-2-4-15(18)13-24-20(27)17(23-21(24)28)12-19(26)22-11-10-14-6-8-16(25)9-7-14/h2-9,17,25H,10-13H2,1H3,(H,22,26)(H,23,28)/t17-/m0/s1. The Morgan fingerprint density at radius 1 is 1.17 bits per heavy atom. The number of phenols is 1. The molecular weight excluding hydrogens is 374 g/mol. The van der Waals surface area contributed by atoms with Gasteiger partial charge in [0.2, 0.25) is 5.91 Å². The number of methoxy groups -OCH3 is 1. The first kappa shape index (κ1) is 20.2. The van der Waals surface area contributed by atoms with Crippen molar-refractivity contribution in [2.45, 2.75) is 25.4 Å². The molecule has 4 amide bonds. The molecule has 1 aliphatic rings. The minimum atomic E-state index is -0.883. The van der Waals surface area contributed by atoms with E-state index in [2.05, 4.69) is 10.6 Å². The fourth-order valence-corrected chi connectivity index (χ4v) is 3.14. The summed E-state index contributed by atoms with van der Waals surface area (Å²) in [7, 11) is 1.52. The summed E-state index contributed by atoms with van der Waals surface area (Å²) in [5.41, 5.74) is 1.67. The number of nitrogens with one attached hydrogen (secondary N) is 2. The molecule has 152 valence electrons. The smallest absolute Gasteiger partial charge is 0.325 e. The summed E-state index contributed by atoms with van der Waals surface area (Å²) in [4.78, 5) is 38.0. The molecular formula is C21H23N3O5. The Bertz CT molecular complexity index is 897. The van der Waals surface area contributed by atoms with Gasteiger partial charge in [-0.1, -0.05) is 30.3 Å². The van der Waals surface area contributed by atoms with Crippen molar-refractivity contribution in [1.29, 1.82) is 0 Å². The topological polar surface area (TPSA) is 108 Å². The van der Waals surface area contributed by atoms with E-state index in [4.69, 9.17) is 4.74 Å². The molecule has 2 aromatic carbocycles. The van der Waals surface area contributed by atoms with Crippen LogP contribution in [-0.4, -0.2) is 47.5 Å². The highest BCUT2D eigenvalue weighted by atomic mass is 16.5. The van der Waals surface area contributed by atoms with Gasteiger partial charge in [-0.15, -0.1) is 0 Å². The molecule has 8 nitrogen and oxygen atoms in total. The van der Waals surface area contributed by atoms with Crippen molar-refractivity contribution in [3.05, 3.63) is 59.7 Å². The molecule has 1 aliphatic heterocycles. The van der Waals surface area contributed by atoms with E-state index in [9.17, 15) is 19.5 Å². The minimum Gasteiger partial charge on any atom is -0.508 e. The van der Waals surface area contributed by atoms with E-state index in [0.29, 0.717) is 24.3 Å². The third-order valence-corrected chi connectivity index (χ3v) is 4.69. The van der Waals surface area contributed by atoms with E-state index in [1.807, 2.05) is 0 Å². The predicted molar refractivity (Wildman–Crippen MR) is 105 cm³/mol. The molecule has 3 rings (SSSR count). The van der Waals surface area contributed by atoms with E-state index in [1.165, 1.54) is 7.11 Å². The van der Waals surface area contributed by atoms with Crippen LogP contribution in [0.1, 0.15) is 17.5 Å². The Morgan fingerprint density at radius 2 is 1.90 bits per heavy atom. The third-order valence-electron chi connectivity index (χ3n) is 4.69. The molecule has 0 aliphatic carbocycles. The van der Waals surface area contributed by atoms with Gasteiger partial charge in [-0.3, -0.25) is 14.5 Å². The fraction of sp³-hybridized carbons (Fsp3) is 0.286. The van der Waals surface area contributed by atoms with Crippen molar-refractivity contribution < 1.29 is 24.2 Å². The number of ether oxygens (including phenoxy) is 1. The zero-order valence-corrected chi connectivity index (χ0v) is 16.1. The number of phenolic OH excluding ortho intramolecular Hbond substituents is 1. The van der Waals surface area contributed by atoms with Crippen LogP contribution in [0.15, 0.2) is 48.5 Å². The second-order valence-electron chi connectivity index (χ2n) is 6.71. The van der Waals surface area contributed by atoms with Crippen molar-refractivity contribution in [2.24, 2.45) is 0 Å². The average molecular weight is 397 g/mol. The van der Waals surface area contributed by atoms with Gasteiger partial charge in [-0.25, -0.2) is 4.79 Å². The second kappa shape index (κ2) is 9.09. The van der Waals surface area contributed by atoms with Gasteiger partial charge >= 0.3 is 6.03 Å². The van der Waals surface area contributed by atoms with Gasteiger partial charge in [-0.2, -0.15) is 0 Å². The van der Waals surface area contributed by atoms with Crippen molar-refractivity contribution in [3.63, 3.8) is 0 Å². The van der Waals surface area contributed by atoms with E-state index in [0.717, 1.165) is 10.5 Å². The first-order chi connectivity index (χ1) is 14.0. The van der Waals surface area contributed by atoms with E-state index in [-0.39, 0.29) is 24.6 Å². The Morgan fingerprint density at radius 3 is 2.62 bits per heavy atom. The number of urea groups is 1. The summed E-state index contributed by atoms with van der Waals surface area (Å²) in [6.45, 7) is 0.469. The number of carbonyl (C=O) groups excluding carboxylic acids is 3. The maximum atomic E-state index is 12.6. The summed E-state index contributed by atoms with van der Waals surface area (Å²) in [6.07, 6.45) is 0.472. The molecule has 0 radical (unpaired) electrons. The van der Waals surface area contributed by atoms with E-state index < -0.39 is 18.0 Å². The van der Waals surface area contributed by atoms with Crippen LogP contribution in [0.3, 0.4) is 0 Å². The Labute approximate surface area is 168 Å². The number of aromatic hydroxyl groups is 1. The molecule has 0 unspecified atom stereocenters. The van der Waals surface area contributed by atoms with Crippen molar-refractivity contribution in [1.82, 2.24) is 15.5 Å². The van der Waals surface area contributed by atoms with Gasteiger partial charge in [0.15, 0.2) is 0 Å². The molecule has 1 heterocycles. The zero-order valence-electron chi connectivity index (χ0n) is 16.1. The molecule has 0 spiro atoms. The monoisotopic (exact) mass is 397 g/mol. The lowest BCUT2D eigenvalue weighted by Crippen LogP contribution is -2.37. The Kier molecular flexibility index (Phi) is 6.33. The number of amides is 4. The third kappa shape index (κ3) is 5.04. The van der Waals surface area contributed by atoms with E-state index in [1.54, 1.807) is 48.5 Å². The van der Waals surface area contributed by atoms with Crippen LogP contribution < -0.4 is 15.4 Å². The minimum absolute atomic E-state index is 0.0770. The van der Waals surface area contributed by atoms with Crippen LogP contribution >= 0.6 is 0 Å². The second-order valence-corrected chi connectivity index (χ2v) is 6.71. The Balaban J connectivity index is 1.51. The molecule has 3 N–H and O–H groups in total. The fourth-order valence-electron chi connectivity index (χ4n) is 3.14. The van der Waals surface area contributed by atoms with E-state index >= 15 is 0 Å². The average Bonchev–Trinajstić information content (AvgIpc) is 2.97. The molecule has 2 aromatic rings. The van der Waals surface area contributed by atoms with Gasteiger partial charge in [0, 0.05) is 12.1 Å². The van der Waals surface area contributed by atoms with Gasteiger partial charge in [0.25, 0.3) is 5.91 Å². The van der Waals surface area contributed by atoms with Crippen LogP contribution in [0.5, 0.6) is 11.5 Å². The SMILES string of the molecule is COc1ccccc1CN1C(=O)N[C@@H](CC(=O)NCCc2ccc(O)cc2)C1=O. The molecule has 0 bridgehead atoms. The van der Waals surface area contributed by atoms with Gasteiger partial charge in [0.05, 0.1) is 20.1 Å². The number of benzene rings is 2. The van der Waals surface area contributed by atoms with Crippen molar-refractivity contribution >= 4 is 17.8 Å². The van der Waals surface area contributed by atoms with Crippen LogP contribution in [0, 0.1) is 0 Å². The lowest BCUT2D eigenvalue weighted by atomic mass is 10.1. The van der Waals surface area contributed by atoms with Crippen molar-refractivity contribution in [2.75, 3.05) is 13.7 Å². The van der Waals surface area contributed by atoms with Gasteiger partial charge in [0.1, 0.15) is 17.5 Å². The van der Waals surface area contributed by atoms with Gasteiger partial charge < -0.3 is 20.5 Å². The highest BCUT2D eigenvalue weighted by Gasteiger charge is 2.39. The largest absolute Gasteiger partial charge is 0.508 e. The lowest BCUT2D eigenvalue weighted by Gasteiger charge is -2.15. The van der Waals surface area contributed by atoms with Crippen LogP contribution in [0.4, 0.5) is 4.79 Å². The number of hydrogen-bond acceptors (Lipinski definition) is 5. The lowest BCUT2D eigenvalue weighted by molar-refractivity contribution is -0.131. The molecule has 1 fully saturated rings. The number of carbonyl (C=O) groups is 3. The first-order valence-electron chi connectivity index (χ1n) is 9.26. The summed E-state index contributed by atoms with van der Waals surface area (Å²) >= 11 is 0. The van der Waals surface area contributed by atoms with Crippen LogP contribution in [-0.2, 0) is 22.6 Å². The number of para-hydroxylation sites is 1. The maximum Gasteiger partial charge on any atom is 0.325 e. The number of imide groups is 1. The quantitative estimate of drug-likeness (QED) is 0.586. The molecule has 1 atom stereocenters. The number of rotatable bonds is 8. The molecule has 8 heteroatoms. The number of hydrogen-bond donors (Lipinski definition) is 3. The summed E-state index contributed by atoms with van der Waals surface area (Å²) in [5.74, 6) is 0.0191. The normalized spacial score (nSPS) is 15.9. The maximum absolute atomic E-state index is 12.6. The predicted octanol–water partition coefficient (Wildman–Crippen LogP) is 1.57. The summed E-state index contributed by atoms with van der Waals surface area (Å²) in [5, 5.41) is 14.6. The summed E-state index contributed by atoms with van der Waals surface area (Å²) < 4.78 is 5.26. The molecule has 0 aromatic heterocycles. The molecule has 0 saturated carbocycles. The highest BCUT2D eigenvalue weighted by Crippen LogP contribution is 2.21. The first-order valence-corrected chi connectivity index (χ1v) is 9.26.